The van der Waals surface area contributed by atoms with Crippen LogP contribution in [-0.2, 0) is 0 Å². The standard InChI is InChI=1S/C60H44B2/c1-29-17-33(5)53(34(6)18-29)39-25-41-47-23-31(3)21-45-37-13-10-12-16-50(37)62(59(45)47)52-28-44-40(54-35(7)19-30(2)20-36(54)8)26-42-48-24-32(4)22-46-38-14-9-11-15-49(38)61(60(46)48)51-27-43(39)57(55(41)52)58(44)56(42)51/h9-28H,1-8H3. The van der Waals surface area contributed by atoms with Gasteiger partial charge in [0.1, 0.15) is 0 Å². The lowest BCUT2D eigenvalue weighted by molar-refractivity contribution is 1.32. The molecule has 0 N–H and O–H groups in total. The van der Waals surface area contributed by atoms with Crippen LogP contribution in [0.5, 0.6) is 0 Å². The van der Waals surface area contributed by atoms with Crippen LogP contribution in [0.15, 0.2) is 121 Å². The highest BCUT2D eigenvalue weighted by molar-refractivity contribution is 7.03. The Bertz CT molecular complexity index is 3490. The molecule has 0 unspecified atom stereocenters. The van der Waals surface area contributed by atoms with Crippen molar-refractivity contribution in [3.8, 4) is 66.8 Å². The topological polar surface area (TPSA) is 0 Å². The smallest absolute Gasteiger partial charge is 0.0664 e. The summed E-state index contributed by atoms with van der Waals surface area (Å²) in [6.07, 6.45) is 0. The van der Waals surface area contributed by atoms with Crippen LogP contribution in [0.4, 0.5) is 0 Å². The molecule has 0 spiro atoms. The van der Waals surface area contributed by atoms with Crippen molar-refractivity contribution in [1.82, 2.24) is 0 Å². The van der Waals surface area contributed by atoms with Crippen molar-refractivity contribution in [3.63, 3.8) is 0 Å². The van der Waals surface area contributed by atoms with Gasteiger partial charge in [-0.25, -0.2) is 0 Å². The molecule has 2 heteroatoms. The number of fused-ring (bicyclic) bond motifs is 10. The second-order valence-corrected chi connectivity index (χ2v) is 19.6. The fraction of sp³-hybridized carbons (Fsp3) is 0.133. The van der Waals surface area contributed by atoms with Crippen molar-refractivity contribution in [1.29, 1.82) is 0 Å². The van der Waals surface area contributed by atoms with E-state index in [0.29, 0.717) is 0 Å². The van der Waals surface area contributed by atoms with Gasteiger partial charge in [0.25, 0.3) is 0 Å². The SMILES string of the molecule is Cc1cc(C)c(-c2cc3c4c(cc5c(-c6c(C)cc(C)cc6C)cc6c7c(cc2c4c57)B2c4ccccc4-c4cc(C)cc-6c42)B2c4ccccc4-c4cc(C)cc-3c42)c(C)c1. The van der Waals surface area contributed by atoms with Gasteiger partial charge in [0, 0.05) is 0 Å². The Kier molecular flexibility index (Phi) is 6.57. The minimum atomic E-state index is 0.164. The second kappa shape index (κ2) is 11.6. The lowest BCUT2D eigenvalue weighted by Crippen LogP contribution is -2.53. The second-order valence-electron chi connectivity index (χ2n) is 19.6. The fourth-order valence-electron chi connectivity index (χ4n) is 13.8. The molecule has 10 aromatic rings. The van der Waals surface area contributed by atoms with E-state index in [1.54, 1.807) is 0 Å². The first-order valence-electron chi connectivity index (χ1n) is 22.6. The van der Waals surface area contributed by atoms with Crippen LogP contribution < -0.4 is 32.8 Å². The first-order chi connectivity index (χ1) is 30.0. The number of benzene rings is 10. The van der Waals surface area contributed by atoms with Crippen LogP contribution in [0.25, 0.3) is 99.1 Å². The van der Waals surface area contributed by atoms with E-state index < -0.39 is 0 Å². The summed E-state index contributed by atoms with van der Waals surface area (Å²) in [5.41, 5.74) is 36.0. The Balaban J connectivity index is 1.28. The monoisotopic (exact) mass is 786 g/mol. The van der Waals surface area contributed by atoms with Crippen molar-refractivity contribution in [2.24, 2.45) is 0 Å². The van der Waals surface area contributed by atoms with Crippen LogP contribution in [-0.4, -0.2) is 13.4 Å². The van der Waals surface area contributed by atoms with Crippen LogP contribution in [0, 0.1) is 55.4 Å². The lowest BCUT2D eigenvalue weighted by atomic mass is 9.34. The van der Waals surface area contributed by atoms with Gasteiger partial charge in [-0.3, -0.25) is 0 Å². The van der Waals surface area contributed by atoms with Crippen molar-refractivity contribution in [3.05, 3.63) is 166 Å². The van der Waals surface area contributed by atoms with Crippen molar-refractivity contribution in [2.75, 3.05) is 0 Å². The minimum Gasteiger partial charge on any atom is -0.0664 e. The molecule has 0 nitrogen and oxygen atoms in total. The van der Waals surface area contributed by atoms with E-state index in [0.717, 1.165) is 0 Å². The van der Waals surface area contributed by atoms with E-state index in [2.05, 4.69) is 177 Å². The van der Waals surface area contributed by atoms with Crippen LogP contribution in [0.1, 0.15) is 44.5 Å². The zero-order chi connectivity index (χ0) is 41.8. The zero-order valence-corrected chi connectivity index (χ0v) is 36.7. The van der Waals surface area contributed by atoms with Crippen LogP contribution in [0.2, 0.25) is 0 Å². The third-order valence-electron chi connectivity index (χ3n) is 15.6. The zero-order valence-electron chi connectivity index (χ0n) is 36.7. The first kappa shape index (κ1) is 35.0. The quantitative estimate of drug-likeness (QED) is 0.121. The predicted molar refractivity (Wildman–Crippen MR) is 270 cm³/mol. The molecule has 4 aliphatic rings. The highest BCUT2D eigenvalue weighted by Gasteiger charge is 2.45. The van der Waals surface area contributed by atoms with Gasteiger partial charge in [0.2, 0.25) is 13.4 Å². The summed E-state index contributed by atoms with van der Waals surface area (Å²) in [5, 5.41) is 8.54. The Morgan fingerprint density at radius 3 is 1.00 bits per heavy atom. The summed E-state index contributed by atoms with van der Waals surface area (Å²) in [5.74, 6) is 0. The molecule has 0 saturated heterocycles. The molecule has 0 amide bonds. The molecule has 0 aromatic heterocycles. The van der Waals surface area contributed by atoms with Gasteiger partial charge in [0.05, 0.1) is 0 Å². The summed E-state index contributed by atoms with van der Waals surface area (Å²) < 4.78 is 0. The minimum absolute atomic E-state index is 0.164. The van der Waals surface area contributed by atoms with E-state index in [-0.39, 0.29) is 13.4 Å². The van der Waals surface area contributed by atoms with Crippen LogP contribution >= 0.6 is 0 Å². The maximum atomic E-state index is 2.68. The van der Waals surface area contributed by atoms with E-state index in [4.69, 9.17) is 0 Å². The van der Waals surface area contributed by atoms with Gasteiger partial charge in [0.15, 0.2) is 0 Å². The molecule has 0 radical (unpaired) electrons. The number of aryl methyl sites for hydroxylation is 8. The van der Waals surface area contributed by atoms with E-state index in [9.17, 15) is 0 Å². The Hall–Kier alpha value is -6.63. The van der Waals surface area contributed by atoms with Crippen LogP contribution in [0.3, 0.4) is 0 Å². The van der Waals surface area contributed by atoms with Crippen molar-refractivity contribution in [2.45, 2.75) is 55.4 Å². The maximum Gasteiger partial charge on any atom is 0.244 e. The number of hydrogen-bond acceptors (Lipinski definition) is 0. The van der Waals surface area contributed by atoms with Gasteiger partial charge in [-0.2, -0.15) is 0 Å². The highest BCUT2D eigenvalue weighted by Crippen LogP contribution is 2.52. The molecular weight excluding hydrogens is 742 g/mol. The third kappa shape index (κ3) is 4.17. The Morgan fingerprint density at radius 1 is 0.274 bits per heavy atom. The van der Waals surface area contributed by atoms with E-state index >= 15 is 0 Å². The predicted octanol–water partition coefficient (Wildman–Crippen LogP) is 11.3. The average molecular weight is 787 g/mol. The maximum absolute atomic E-state index is 2.68. The molecule has 0 fully saturated rings. The normalized spacial score (nSPS) is 13.4. The van der Waals surface area contributed by atoms with Crippen molar-refractivity contribution < 1.29 is 0 Å². The molecule has 4 heterocycles. The van der Waals surface area contributed by atoms with E-state index in [1.807, 2.05) is 0 Å². The number of hydrogen-bond donors (Lipinski definition) is 0. The molecule has 4 aliphatic heterocycles. The lowest BCUT2D eigenvalue weighted by Gasteiger charge is -2.33. The summed E-state index contributed by atoms with van der Waals surface area (Å²) in [7, 11) is 0. The molecule has 14 rings (SSSR count). The van der Waals surface area contributed by atoms with Crippen molar-refractivity contribution >= 4 is 78.5 Å². The molecule has 0 aliphatic carbocycles. The van der Waals surface area contributed by atoms with Gasteiger partial charge < -0.3 is 0 Å². The Morgan fingerprint density at radius 2 is 0.613 bits per heavy atom. The van der Waals surface area contributed by atoms with Gasteiger partial charge in [-0.05, 0) is 200 Å². The summed E-state index contributed by atoms with van der Waals surface area (Å²) in [4.78, 5) is 0. The molecule has 10 aromatic carbocycles. The molecule has 0 atom stereocenters. The van der Waals surface area contributed by atoms with Gasteiger partial charge >= 0.3 is 0 Å². The number of rotatable bonds is 2. The fourth-order valence-corrected chi connectivity index (χ4v) is 13.8. The highest BCUT2D eigenvalue weighted by atomic mass is 14.4. The summed E-state index contributed by atoms with van der Waals surface area (Å²) in [6, 6.07) is 48.7. The largest absolute Gasteiger partial charge is 0.244 e. The molecule has 290 valence electrons. The molecule has 0 saturated carbocycles. The van der Waals surface area contributed by atoms with E-state index in [1.165, 1.54) is 176 Å². The first-order valence-corrected chi connectivity index (χ1v) is 22.6. The molecular formula is C60H44B2. The third-order valence-corrected chi connectivity index (χ3v) is 15.6. The van der Waals surface area contributed by atoms with Gasteiger partial charge in [-0.1, -0.05) is 153 Å². The summed E-state index contributed by atoms with van der Waals surface area (Å²) >= 11 is 0. The summed E-state index contributed by atoms with van der Waals surface area (Å²) in [6.45, 7) is 18.8. The Labute approximate surface area is 364 Å². The van der Waals surface area contributed by atoms with Gasteiger partial charge in [-0.15, -0.1) is 0 Å². The molecule has 62 heavy (non-hydrogen) atoms. The molecule has 0 bridgehead atoms. The average Bonchev–Trinajstić information content (AvgIpc) is 3.74.